The van der Waals surface area contributed by atoms with Crippen molar-refractivity contribution in [3.05, 3.63) is 158 Å². The molecule has 0 radical (unpaired) electrons. The maximum absolute atomic E-state index is 5.26. The number of hydrogen-bond acceptors (Lipinski definition) is 3. The van der Waals surface area contributed by atoms with Crippen LogP contribution >= 0.6 is 0 Å². The van der Waals surface area contributed by atoms with Crippen molar-refractivity contribution in [1.82, 2.24) is 19.6 Å². The smallest absolute Gasteiger partial charge is 0.164 e. The van der Waals surface area contributed by atoms with Crippen LogP contribution < -0.4 is 0 Å². The quantitative estimate of drug-likeness (QED) is 0.214. The summed E-state index contributed by atoms with van der Waals surface area (Å²) in [5.74, 6) is 0. The average Bonchev–Trinajstić information content (AvgIpc) is 3.48. The van der Waals surface area contributed by atoms with Gasteiger partial charge in [-0.1, -0.05) is 140 Å². The van der Waals surface area contributed by atoms with Gasteiger partial charge in [-0.2, -0.15) is 5.10 Å². The lowest BCUT2D eigenvalue weighted by Crippen LogP contribution is -1.98. The lowest BCUT2D eigenvalue weighted by atomic mass is 9.97. The molecule has 0 aliphatic heterocycles. The first kappa shape index (κ1) is 24.9. The molecular weight excluding hydrogens is 524 g/mol. The van der Waals surface area contributed by atoms with Crippen molar-refractivity contribution in [3.63, 3.8) is 0 Å². The Kier molecular flexibility index (Phi) is 6.08. The van der Waals surface area contributed by atoms with Crippen LogP contribution in [0.1, 0.15) is 0 Å². The van der Waals surface area contributed by atoms with Crippen LogP contribution in [0.4, 0.5) is 0 Å². The number of para-hydroxylation sites is 1. The molecule has 4 nitrogen and oxygen atoms in total. The highest BCUT2D eigenvalue weighted by atomic mass is 15.3. The van der Waals surface area contributed by atoms with Crippen molar-refractivity contribution >= 4 is 16.6 Å². The van der Waals surface area contributed by atoms with Crippen LogP contribution in [0.5, 0.6) is 0 Å². The fraction of sp³-hybridized carbons (Fsp3) is 0. The SMILES string of the molecule is c1ccc(-c2cc(-c3ccccc3)n3nc(-c4ccc(-c5cccc6cccnc56)cc4)c(-c4ccccc4)c3n2)cc1. The molecule has 0 bridgehead atoms. The van der Waals surface area contributed by atoms with E-state index in [-0.39, 0.29) is 0 Å². The molecule has 0 spiro atoms. The zero-order valence-electron chi connectivity index (χ0n) is 23.3. The van der Waals surface area contributed by atoms with Gasteiger partial charge in [0.2, 0.25) is 0 Å². The normalized spacial score (nSPS) is 11.3. The Hall–Kier alpha value is -5.87. The van der Waals surface area contributed by atoms with Gasteiger partial charge in [0.25, 0.3) is 0 Å². The molecular formula is C39H26N4. The number of rotatable bonds is 5. The highest BCUT2D eigenvalue weighted by Crippen LogP contribution is 2.38. The first-order valence-corrected chi connectivity index (χ1v) is 14.4. The molecule has 3 aromatic heterocycles. The number of hydrogen-bond donors (Lipinski definition) is 0. The molecule has 4 heteroatoms. The highest BCUT2D eigenvalue weighted by molar-refractivity contribution is 5.95. The standard InChI is InChI=1S/C39H26N4/c1-4-12-28(13-5-1)34-26-35(29-14-6-2-7-15-29)43-39(41-34)36(30-16-8-3-9-17-30)38(42-43)32-23-21-27(22-24-32)33-20-10-18-31-19-11-25-40-37(31)33/h1-26H. The van der Waals surface area contributed by atoms with E-state index in [1.165, 1.54) is 0 Å². The molecule has 0 saturated carbocycles. The lowest BCUT2D eigenvalue weighted by Gasteiger charge is -2.10. The summed E-state index contributed by atoms with van der Waals surface area (Å²) in [7, 11) is 0. The van der Waals surface area contributed by atoms with Crippen molar-refractivity contribution in [2.24, 2.45) is 0 Å². The van der Waals surface area contributed by atoms with Gasteiger partial charge in [0.05, 0.1) is 22.5 Å². The third kappa shape index (κ3) is 4.46. The molecule has 0 saturated heterocycles. The molecule has 0 N–H and O–H groups in total. The predicted octanol–water partition coefficient (Wildman–Crippen LogP) is 9.61. The van der Waals surface area contributed by atoms with Crippen LogP contribution in [-0.2, 0) is 0 Å². The molecule has 0 unspecified atom stereocenters. The van der Waals surface area contributed by atoms with E-state index in [9.17, 15) is 0 Å². The Labute approximate surface area is 249 Å². The first-order chi connectivity index (χ1) is 21.3. The van der Waals surface area contributed by atoms with E-state index in [2.05, 4.69) is 132 Å². The maximum atomic E-state index is 5.26. The Morgan fingerprint density at radius 2 is 1.12 bits per heavy atom. The van der Waals surface area contributed by atoms with Crippen LogP contribution in [-0.4, -0.2) is 19.6 Å². The fourth-order valence-electron chi connectivity index (χ4n) is 5.81. The number of nitrogens with zero attached hydrogens (tertiary/aromatic N) is 4. The van der Waals surface area contributed by atoms with Gasteiger partial charge in [-0.05, 0) is 23.3 Å². The minimum Gasteiger partial charge on any atom is -0.256 e. The monoisotopic (exact) mass is 550 g/mol. The maximum Gasteiger partial charge on any atom is 0.164 e. The van der Waals surface area contributed by atoms with E-state index in [0.29, 0.717) is 0 Å². The van der Waals surface area contributed by atoms with Gasteiger partial charge in [0, 0.05) is 33.8 Å². The van der Waals surface area contributed by atoms with Crippen molar-refractivity contribution in [2.45, 2.75) is 0 Å². The van der Waals surface area contributed by atoms with Crippen LogP contribution in [0.3, 0.4) is 0 Å². The Morgan fingerprint density at radius 1 is 0.488 bits per heavy atom. The molecule has 202 valence electrons. The molecule has 0 fully saturated rings. The number of fused-ring (bicyclic) bond motifs is 2. The molecule has 0 aliphatic rings. The van der Waals surface area contributed by atoms with Crippen molar-refractivity contribution in [1.29, 1.82) is 0 Å². The van der Waals surface area contributed by atoms with Crippen LogP contribution in [0.25, 0.3) is 72.6 Å². The number of pyridine rings is 1. The Balaban J connectivity index is 1.37. The summed E-state index contributed by atoms with van der Waals surface area (Å²) in [6.45, 7) is 0. The summed E-state index contributed by atoms with van der Waals surface area (Å²) in [6.07, 6.45) is 1.85. The van der Waals surface area contributed by atoms with Crippen LogP contribution in [0.15, 0.2) is 158 Å². The van der Waals surface area contributed by atoms with Gasteiger partial charge in [0.1, 0.15) is 5.69 Å². The number of benzene rings is 5. The molecule has 5 aromatic carbocycles. The largest absolute Gasteiger partial charge is 0.256 e. The van der Waals surface area contributed by atoms with E-state index in [1.807, 2.05) is 35.0 Å². The summed E-state index contributed by atoms with van der Waals surface area (Å²) in [4.78, 5) is 9.91. The molecule has 0 amide bonds. The minimum atomic E-state index is 0.823. The van der Waals surface area contributed by atoms with Gasteiger partial charge >= 0.3 is 0 Å². The topological polar surface area (TPSA) is 43.1 Å². The van der Waals surface area contributed by atoms with E-state index in [1.54, 1.807) is 0 Å². The summed E-state index contributed by atoms with van der Waals surface area (Å²) >= 11 is 0. The predicted molar refractivity (Wildman–Crippen MR) is 175 cm³/mol. The minimum absolute atomic E-state index is 0.823. The third-order valence-corrected chi connectivity index (χ3v) is 7.89. The number of aromatic nitrogens is 4. The third-order valence-electron chi connectivity index (χ3n) is 7.89. The fourth-order valence-corrected chi connectivity index (χ4v) is 5.81. The first-order valence-electron chi connectivity index (χ1n) is 14.4. The molecule has 43 heavy (non-hydrogen) atoms. The molecule has 0 aliphatic carbocycles. The van der Waals surface area contributed by atoms with Gasteiger partial charge in [-0.15, -0.1) is 0 Å². The van der Waals surface area contributed by atoms with E-state index >= 15 is 0 Å². The van der Waals surface area contributed by atoms with E-state index in [0.717, 1.165) is 72.6 Å². The molecule has 3 heterocycles. The second-order valence-corrected chi connectivity index (χ2v) is 10.5. The Bertz CT molecular complexity index is 2200. The molecule has 8 rings (SSSR count). The zero-order chi connectivity index (χ0) is 28.6. The van der Waals surface area contributed by atoms with Crippen LogP contribution in [0.2, 0.25) is 0 Å². The summed E-state index contributed by atoms with van der Waals surface area (Å²) in [5.41, 5.74) is 12.1. The lowest BCUT2D eigenvalue weighted by molar-refractivity contribution is 0.953. The van der Waals surface area contributed by atoms with Gasteiger partial charge in [0.15, 0.2) is 5.65 Å². The average molecular weight is 551 g/mol. The van der Waals surface area contributed by atoms with Crippen molar-refractivity contribution in [3.8, 4) is 56.0 Å². The zero-order valence-corrected chi connectivity index (χ0v) is 23.3. The summed E-state index contributed by atoms with van der Waals surface area (Å²) in [5, 5.41) is 6.39. The van der Waals surface area contributed by atoms with Gasteiger partial charge in [-0.3, -0.25) is 4.98 Å². The second kappa shape index (κ2) is 10.5. The van der Waals surface area contributed by atoms with Gasteiger partial charge < -0.3 is 0 Å². The van der Waals surface area contributed by atoms with Crippen molar-refractivity contribution in [2.75, 3.05) is 0 Å². The summed E-state index contributed by atoms with van der Waals surface area (Å²) in [6, 6.07) is 52.4. The van der Waals surface area contributed by atoms with Crippen LogP contribution in [0, 0.1) is 0 Å². The molecule has 0 atom stereocenters. The second-order valence-electron chi connectivity index (χ2n) is 10.5. The summed E-state index contributed by atoms with van der Waals surface area (Å²) < 4.78 is 2.00. The molecule has 8 aromatic rings. The van der Waals surface area contributed by atoms with E-state index in [4.69, 9.17) is 10.1 Å². The van der Waals surface area contributed by atoms with Crippen molar-refractivity contribution < 1.29 is 0 Å². The van der Waals surface area contributed by atoms with Gasteiger partial charge in [-0.25, -0.2) is 9.50 Å². The Morgan fingerprint density at radius 3 is 1.84 bits per heavy atom. The van der Waals surface area contributed by atoms with E-state index < -0.39 is 0 Å². The highest BCUT2D eigenvalue weighted by Gasteiger charge is 2.21.